The molecular weight excluding hydrogens is 231 g/mol. The second-order valence-electron chi connectivity index (χ2n) is 1.71. The van der Waals surface area contributed by atoms with Gasteiger partial charge < -0.3 is 5.11 Å². The van der Waals surface area contributed by atoms with Gasteiger partial charge in [-0.1, -0.05) is 12.2 Å². The molecule has 0 unspecified atom stereocenters. The maximum atomic E-state index is 10.3. The van der Waals surface area contributed by atoms with Gasteiger partial charge in [0, 0.05) is 3.58 Å². The largest absolute Gasteiger partial charge is 0.478 e. The van der Waals surface area contributed by atoms with Gasteiger partial charge >= 0.3 is 5.97 Å². The standard InChI is InChI=1S/C6H5IO2/c7-5-3-1-2-4(5)6(8)9/h2-3H,1H2,(H,8,9). The highest BCUT2D eigenvalue weighted by molar-refractivity contribution is 14.1. The SMILES string of the molecule is O=C(O)C1=CCC=C1I. The van der Waals surface area contributed by atoms with Gasteiger partial charge in [0.2, 0.25) is 0 Å². The van der Waals surface area contributed by atoms with Crippen LogP contribution in [0.2, 0.25) is 0 Å². The fourth-order valence-electron chi connectivity index (χ4n) is 0.677. The Labute approximate surface area is 66.4 Å². The van der Waals surface area contributed by atoms with Crippen LogP contribution in [0.25, 0.3) is 0 Å². The smallest absolute Gasteiger partial charge is 0.336 e. The van der Waals surface area contributed by atoms with Crippen molar-refractivity contribution in [2.45, 2.75) is 6.42 Å². The van der Waals surface area contributed by atoms with Crippen molar-refractivity contribution in [2.24, 2.45) is 0 Å². The molecule has 0 saturated carbocycles. The summed E-state index contributed by atoms with van der Waals surface area (Å²) in [5.74, 6) is -0.826. The molecule has 1 aliphatic carbocycles. The molecule has 0 aliphatic heterocycles. The van der Waals surface area contributed by atoms with Gasteiger partial charge in [-0.15, -0.1) is 0 Å². The lowest BCUT2D eigenvalue weighted by atomic mass is 10.3. The summed E-state index contributed by atoms with van der Waals surface area (Å²) in [4.78, 5) is 10.3. The first-order valence-corrected chi connectivity index (χ1v) is 3.59. The minimum Gasteiger partial charge on any atom is -0.478 e. The van der Waals surface area contributed by atoms with Crippen LogP contribution in [0.5, 0.6) is 0 Å². The molecule has 48 valence electrons. The van der Waals surface area contributed by atoms with Crippen LogP contribution in [0.3, 0.4) is 0 Å². The molecule has 1 rings (SSSR count). The molecule has 9 heavy (non-hydrogen) atoms. The van der Waals surface area contributed by atoms with Crippen molar-refractivity contribution in [3.8, 4) is 0 Å². The van der Waals surface area contributed by atoms with Crippen molar-refractivity contribution < 1.29 is 9.90 Å². The maximum absolute atomic E-state index is 10.3. The van der Waals surface area contributed by atoms with Crippen molar-refractivity contribution in [1.82, 2.24) is 0 Å². The lowest BCUT2D eigenvalue weighted by Gasteiger charge is -1.90. The topological polar surface area (TPSA) is 37.3 Å². The van der Waals surface area contributed by atoms with Crippen molar-refractivity contribution in [2.75, 3.05) is 0 Å². The van der Waals surface area contributed by atoms with Gasteiger partial charge in [-0.2, -0.15) is 0 Å². The third-order valence-corrected chi connectivity index (χ3v) is 2.13. The van der Waals surface area contributed by atoms with Gasteiger partial charge in [-0.3, -0.25) is 0 Å². The second-order valence-corrected chi connectivity index (χ2v) is 2.87. The summed E-state index contributed by atoms with van der Waals surface area (Å²) in [6, 6.07) is 0. The second kappa shape index (κ2) is 2.51. The molecule has 0 aromatic heterocycles. The number of rotatable bonds is 1. The summed E-state index contributed by atoms with van der Waals surface area (Å²) in [5, 5.41) is 8.47. The van der Waals surface area contributed by atoms with E-state index in [1.54, 1.807) is 6.08 Å². The van der Waals surface area contributed by atoms with Crippen molar-refractivity contribution >= 4 is 28.6 Å². The van der Waals surface area contributed by atoms with Crippen LogP contribution >= 0.6 is 22.6 Å². The molecule has 2 nitrogen and oxygen atoms in total. The van der Waals surface area contributed by atoms with Crippen LogP contribution in [0.4, 0.5) is 0 Å². The Morgan fingerprint density at radius 2 is 2.33 bits per heavy atom. The molecular formula is C6H5IO2. The fourth-order valence-corrected chi connectivity index (χ4v) is 1.38. The summed E-state index contributed by atoms with van der Waals surface area (Å²) in [7, 11) is 0. The Kier molecular flexibility index (Phi) is 1.90. The van der Waals surface area contributed by atoms with E-state index in [0.717, 1.165) is 10.0 Å². The van der Waals surface area contributed by atoms with Gasteiger partial charge in [0.05, 0.1) is 5.57 Å². The highest BCUT2D eigenvalue weighted by atomic mass is 127. The van der Waals surface area contributed by atoms with Gasteiger partial charge in [0.15, 0.2) is 0 Å². The van der Waals surface area contributed by atoms with E-state index in [-0.39, 0.29) is 0 Å². The number of halogens is 1. The summed E-state index contributed by atoms with van der Waals surface area (Å²) in [5.41, 5.74) is 0.440. The lowest BCUT2D eigenvalue weighted by Crippen LogP contribution is -1.97. The molecule has 0 atom stereocenters. The number of aliphatic carboxylic acids is 1. The number of carboxylic acids is 1. The Morgan fingerprint density at radius 3 is 2.56 bits per heavy atom. The van der Waals surface area contributed by atoms with Crippen LogP contribution in [0.1, 0.15) is 6.42 Å². The van der Waals surface area contributed by atoms with E-state index >= 15 is 0 Å². The molecule has 1 aliphatic rings. The zero-order valence-corrected chi connectivity index (χ0v) is 6.75. The summed E-state index contributed by atoms with van der Waals surface area (Å²) < 4.78 is 0.847. The third kappa shape index (κ3) is 1.32. The Bertz CT molecular complexity index is 203. The van der Waals surface area contributed by atoms with E-state index in [4.69, 9.17) is 5.11 Å². The highest BCUT2D eigenvalue weighted by Crippen LogP contribution is 2.24. The van der Waals surface area contributed by atoms with Gasteiger partial charge in [0.1, 0.15) is 0 Å². The molecule has 0 heterocycles. The van der Waals surface area contributed by atoms with Crippen molar-refractivity contribution in [3.05, 3.63) is 21.3 Å². The number of carbonyl (C=O) groups is 1. The normalized spacial score (nSPS) is 17.0. The molecule has 0 fully saturated rings. The molecule has 3 heteroatoms. The summed E-state index contributed by atoms with van der Waals surface area (Å²) in [6.07, 6.45) is 4.37. The Hall–Kier alpha value is -0.320. The average molecular weight is 236 g/mol. The highest BCUT2D eigenvalue weighted by Gasteiger charge is 2.12. The molecule has 0 saturated heterocycles. The zero-order valence-electron chi connectivity index (χ0n) is 4.60. The number of carboxylic acid groups (broad SMARTS) is 1. The third-order valence-electron chi connectivity index (χ3n) is 1.11. The van der Waals surface area contributed by atoms with E-state index in [1.807, 2.05) is 28.7 Å². The first kappa shape index (κ1) is 6.80. The number of allylic oxidation sites excluding steroid dienone is 2. The number of hydrogen-bond donors (Lipinski definition) is 1. The summed E-state index contributed by atoms with van der Waals surface area (Å²) >= 11 is 2.02. The predicted molar refractivity (Wildman–Crippen MR) is 42.4 cm³/mol. The molecule has 1 N–H and O–H groups in total. The molecule has 0 bridgehead atoms. The van der Waals surface area contributed by atoms with Gasteiger partial charge in [-0.25, -0.2) is 4.79 Å². The molecule has 0 aromatic rings. The minimum atomic E-state index is -0.826. The Morgan fingerprint density at radius 1 is 1.67 bits per heavy atom. The van der Waals surface area contributed by atoms with Crippen molar-refractivity contribution in [1.29, 1.82) is 0 Å². The van der Waals surface area contributed by atoms with E-state index in [9.17, 15) is 4.79 Å². The van der Waals surface area contributed by atoms with E-state index in [0.29, 0.717) is 5.57 Å². The van der Waals surface area contributed by atoms with Crippen molar-refractivity contribution in [3.63, 3.8) is 0 Å². The van der Waals surface area contributed by atoms with Gasteiger partial charge in [0.25, 0.3) is 0 Å². The van der Waals surface area contributed by atoms with Crippen LogP contribution in [0.15, 0.2) is 21.3 Å². The monoisotopic (exact) mass is 236 g/mol. The fraction of sp³-hybridized carbons (Fsp3) is 0.167. The zero-order chi connectivity index (χ0) is 6.85. The number of hydrogen-bond acceptors (Lipinski definition) is 1. The minimum absolute atomic E-state index is 0.440. The van der Waals surface area contributed by atoms with E-state index in [2.05, 4.69) is 0 Å². The van der Waals surface area contributed by atoms with Crippen LogP contribution in [-0.2, 0) is 4.79 Å². The molecule has 0 spiro atoms. The maximum Gasteiger partial charge on any atom is 0.336 e. The summed E-state index contributed by atoms with van der Waals surface area (Å²) in [6.45, 7) is 0. The van der Waals surface area contributed by atoms with Crippen LogP contribution in [0, 0.1) is 0 Å². The van der Waals surface area contributed by atoms with E-state index in [1.165, 1.54) is 0 Å². The molecule has 0 amide bonds. The average Bonchev–Trinajstić information content (AvgIpc) is 2.13. The lowest BCUT2D eigenvalue weighted by molar-refractivity contribution is -0.132. The van der Waals surface area contributed by atoms with Crippen LogP contribution in [-0.4, -0.2) is 11.1 Å². The predicted octanol–water partition coefficient (Wildman–Crippen LogP) is 1.72. The first-order valence-electron chi connectivity index (χ1n) is 2.51. The quantitative estimate of drug-likeness (QED) is 0.703. The first-order chi connectivity index (χ1) is 4.22. The molecule has 0 aromatic carbocycles. The Balaban J connectivity index is 2.84. The van der Waals surface area contributed by atoms with Gasteiger partial charge in [-0.05, 0) is 29.0 Å². The van der Waals surface area contributed by atoms with E-state index < -0.39 is 5.97 Å². The van der Waals surface area contributed by atoms with Crippen LogP contribution < -0.4 is 0 Å². The molecule has 0 radical (unpaired) electrons.